The first-order chi connectivity index (χ1) is 16.9. The second-order valence-corrected chi connectivity index (χ2v) is 9.53. The second-order valence-electron chi connectivity index (χ2n) is 9.53. The Labute approximate surface area is 204 Å². The number of rotatable bonds is 4. The number of aliphatic imine (C=N–C) groups is 1. The Kier molecular flexibility index (Phi) is 6.19. The Bertz CT molecular complexity index is 1300. The second kappa shape index (κ2) is 9.44. The van der Waals surface area contributed by atoms with Crippen molar-refractivity contribution in [2.45, 2.75) is 39.2 Å². The number of carbonyl (C=O) groups is 2. The minimum Gasteiger partial charge on any atom is -0.383 e. The summed E-state index contributed by atoms with van der Waals surface area (Å²) in [4.78, 5) is 42.4. The number of amides is 2. The van der Waals surface area contributed by atoms with Crippen LogP contribution in [0.4, 0.5) is 5.82 Å². The van der Waals surface area contributed by atoms with Crippen molar-refractivity contribution in [3.8, 4) is 0 Å². The van der Waals surface area contributed by atoms with E-state index >= 15 is 0 Å². The highest BCUT2D eigenvalue weighted by atomic mass is 16.2. The first-order valence-corrected chi connectivity index (χ1v) is 12.1. The lowest BCUT2D eigenvalue weighted by molar-refractivity contribution is -0.148. The van der Waals surface area contributed by atoms with E-state index in [0.29, 0.717) is 12.1 Å². The molecule has 0 bridgehead atoms. The van der Waals surface area contributed by atoms with E-state index in [0.717, 1.165) is 67.7 Å². The number of nitrogens with zero attached hydrogens (tertiary/aromatic N) is 5. The number of likely N-dealkylation sites (tertiary alicyclic amines) is 1. The number of amidine groups is 1. The third-order valence-corrected chi connectivity index (χ3v) is 7.18. The minimum atomic E-state index is -0.331. The van der Waals surface area contributed by atoms with Gasteiger partial charge in [0.25, 0.3) is 0 Å². The summed E-state index contributed by atoms with van der Waals surface area (Å²) in [6.07, 6.45) is 5.39. The number of carbonyl (C=O) groups excluding carboxylic acids is 2. The average molecular weight is 471 g/mol. The maximum Gasteiger partial charge on any atom is 0.244 e. The van der Waals surface area contributed by atoms with Gasteiger partial charge in [-0.25, -0.2) is 4.98 Å². The van der Waals surface area contributed by atoms with Crippen LogP contribution in [0.5, 0.6) is 0 Å². The molecule has 0 atom stereocenters. The number of fused-ring (bicyclic) bond motifs is 1. The van der Waals surface area contributed by atoms with Gasteiger partial charge in [-0.05, 0) is 49.4 Å². The van der Waals surface area contributed by atoms with Gasteiger partial charge in [-0.1, -0.05) is 30.3 Å². The molecule has 1 aromatic heterocycles. The topological polar surface area (TPSA) is 105 Å². The van der Waals surface area contributed by atoms with Crippen LogP contribution in [-0.2, 0) is 16.1 Å². The summed E-state index contributed by atoms with van der Waals surface area (Å²) >= 11 is 0. The van der Waals surface area contributed by atoms with Crippen molar-refractivity contribution in [1.82, 2.24) is 14.9 Å². The molecule has 2 N–H and O–H groups in total. The van der Waals surface area contributed by atoms with Gasteiger partial charge in [0.2, 0.25) is 11.8 Å². The molecular weight excluding hydrogens is 440 g/mol. The molecule has 8 nitrogen and oxygen atoms in total. The van der Waals surface area contributed by atoms with Crippen molar-refractivity contribution >= 4 is 34.5 Å². The van der Waals surface area contributed by atoms with Crippen LogP contribution >= 0.6 is 0 Å². The Balaban J connectivity index is 1.27. The largest absolute Gasteiger partial charge is 0.383 e. The predicted molar refractivity (Wildman–Crippen MR) is 136 cm³/mol. The molecule has 3 heterocycles. The van der Waals surface area contributed by atoms with Crippen LogP contribution in [0.2, 0.25) is 0 Å². The smallest absolute Gasteiger partial charge is 0.244 e. The lowest BCUT2D eigenvalue weighted by atomic mass is 9.71. The number of para-hydroxylation sites is 2. The SMILES string of the molecule is CC(=O)N=C(N)c1cccc(CN2CCCC3(CCN(c4cnc5ccccc5n4)CC3)C2=O)c1. The lowest BCUT2D eigenvalue weighted by Crippen LogP contribution is -2.53. The van der Waals surface area contributed by atoms with Crippen LogP contribution in [0.25, 0.3) is 11.0 Å². The van der Waals surface area contributed by atoms with E-state index in [-0.39, 0.29) is 23.1 Å². The van der Waals surface area contributed by atoms with Crippen LogP contribution in [-0.4, -0.2) is 52.2 Å². The summed E-state index contributed by atoms with van der Waals surface area (Å²) in [5.74, 6) is 0.982. The molecule has 5 rings (SSSR count). The van der Waals surface area contributed by atoms with Crippen molar-refractivity contribution in [3.63, 3.8) is 0 Å². The fourth-order valence-corrected chi connectivity index (χ4v) is 5.31. The van der Waals surface area contributed by atoms with Crippen molar-refractivity contribution in [1.29, 1.82) is 0 Å². The molecule has 35 heavy (non-hydrogen) atoms. The Morgan fingerprint density at radius 1 is 1.06 bits per heavy atom. The molecule has 2 aliphatic heterocycles. The zero-order valence-corrected chi connectivity index (χ0v) is 20.0. The zero-order valence-electron chi connectivity index (χ0n) is 20.0. The fourth-order valence-electron chi connectivity index (χ4n) is 5.31. The first-order valence-electron chi connectivity index (χ1n) is 12.1. The summed E-state index contributed by atoms with van der Waals surface area (Å²) in [5, 5.41) is 0. The van der Waals surface area contributed by atoms with Gasteiger partial charge in [0, 0.05) is 38.7 Å². The van der Waals surface area contributed by atoms with E-state index in [1.165, 1.54) is 6.92 Å². The molecule has 3 aromatic rings. The number of piperidine rings is 2. The number of hydrogen-bond donors (Lipinski definition) is 1. The highest BCUT2D eigenvalue weighted by Crippen LogP contribution is 2.42. The van der Waals surface area contributed by atoms with Crippen molar-refractivity contribution in [3.05, 3.63) is 65.9 Å². The van der Waals surface area contributed by atoms with Gasteiger partial charge in [0.1, 0.15) is 11.7 Å². The Morgan fingerprint density at radius 3 is 2.60 bits per heavy atom. The molecule has 0 radical (unpaired) electrons. The molecule has 2 saturated heterocycles. The molecule has 2 amide bonds. The van der Waals surface area contributed by atoms with Gasteiger partial charge >= 0.3 is 0 Å². The molecule has 2 fully saturated rings. The van der Waals surface area contributed by atoms with Crippen molar-refractivity contribution in [2.75, 3.05) is 24.5 Å². The van der Waals surface area contributed by atoms with Gasteiger partial charge in [0.15, 0.2) is 0 Å². The van der Waals surface area contributed by atoms with Crippen LogP contribution in [0.1, 0.15) is 43.7 Å². The van der Waals surface area contributed by atoms with Crippen LogP contribution < -0.4 is 10.6 Å². The average Bonchev–Trinajstić information content (AvgIpc) is 2.87. The van der Waals surface area contributed by atoms with Crippen molar-refractivity contribution in [2.24, 2.45) is 16.1 Å². The zero-order chi connectivity index (χ0) is 24.4. The highest BCUT2D eigenvalue weighted by Gasteiger charge is 2.45. The summed E-state index contributed by atoms with van der Waals surface area (Å²) in [6, 6.07) is 15.5. The summed E-state index contributed by atoms with van der Waals surface area (Å²) in [5.41, 5.74) is 9.11. The van der Waals surface area contributed by atoms with Gasteiger partial charge in [0.05, 0.1) is 22.6 Å². The molecule has 0 aliphatic carbocycles. The third-order valence-electron chi connectivity index (χ3n) is 7.18. The van der Waals surface area contributed by atoms with Crippen LogP contribution in [0.15, 0.2) is 59.7 Å². The third kappa shape index (κ3) is 4.73. The van der Waals surface area contributed by atoms with E-state index in [2.05, 4.69) is 14.9 Å². The Hall–Kier alpha value is -3.81. The number of anilines is 1. The molecular formula is C27H30N6O2. The molecule has 0 saturated carbocycles. The maximum atomic E-state index is 13.7. The summed E-state index contributed by atoms with van der Waals surface area (Å²) < 4.78 is 0. The fraction of sp³-hybridized carbons (Fsp3) is 0.370. The van der Waals surface area contributed by atoms with E-state index in [9.17, 15) is 9.59 Å². The molecule has 8 heteroatoms. The normalized spacial score (nSPS) is 18.3. The predicted octanol–water partition coefficient (Wildman–Crippen LogP) is 3.29. The molecule has 0 unspecified atom stereocenters. The standard InChI is InChI=1S/C27H30N6O2/c1-19(34)30-25(28)21-7-4-6-20(16-21)18-33-13-5-10-27(26(33)35)11-14-32(15-12-27)24-17-29-22-8-2-3-9-23(22)31-24/h2-4,6-9,16-17H,5,10-15,18H2,1H3,(H2,28,30,34). The molecule has 180 valence electrons. The quantitative estimate of drug-likeness (QED) is 0.463. The van der Waals surface area contributed by atoms with E-state index in [4.69, 9.17) is 10.7 Å². The molecule has 2 aromatic carbocycles. The minimum absolute atomic E-state index is 0.199. The van der Waals surface area contributed by atoms with Gasteiger partial charge < -0.3 is 15.5 Å². The van der Waals surface area contributed by atoms with Gasteiger partial charge in [-0.3, -0.25) is 14.6 Å². The monoisotopic (exact) mass is 470 g/mol. The summed E-state index contributed by atoms with van der Waals surface area (Å²) in [7, 11) is 0. The van der Waals surface area contributed by atoms with Gasteiger partial charge in [-0.15, -0.1) is 0 Å². The van der Waals surface area contributed by atoms with Crippen LogP contribution in [0, 0.1) is 5.41 Å². The van der Waals surface area contributed by atoms with E-state index < -0.39 is 0 Å². The molecule has 1 spiro atoms. The van der Waals surface area contributed by atoms with E-state index in [1.807, 2.05) is 59.6 Å². The number of benzene rings is 2. The van der Waals surface area contributed by atoms with Gasteiger partial charge in [-0.2, -0.15) is 4.99 Å². The lowest BCUT2D eigenvalue weighted by Gasteiger charge is -2.46. The summed E-state index contributed by atoms with van der Waals surface area (Å²) in [6.45, 7) is 4.24. The van der Waals surface area contributed by atoms with Crippen LogP contribution in [0.3, 0.4) is 0 Å². The maximum absolute atomic E-state index is 13.7. The van der Waals surface area contributed by atoms with E-state index in [1.54, 1.807) is 0 Å². The highest BCUT2D eigenvalue weighted by molar-refractivity contribution is 6.03. The Morgan fingerprint density at radius 2 is 1.83 bits per heavy atom. The van der Waals surface area contributed by atoms with Crippen molar-refractivity contribution < 1.29 is 9.59 Å². The number of hydrogen-bond acceptors (Lipinski definition) is 5. The molecule has 2 aliphatic rings. The first kappa shape index (κ1) is 23.0. The number of nitrogens with two attached hydrogens (primary N) is 1. The number of aromatic nitrogens is 2.